The van der Waals surface area contributed by atoms with Gasteiger partial charge in [0.05, 0.1) is 5.52 Å². The Morgan fingerprint density at radius 2 is 2.12 bits per heavy atom. The minimum absolute atomic E-state index is 0.173. The van der Waals surface area contributed by atoms with Crippen molar-refractivity contribution in [2.24, 2.45) is 0 Å². The SMILES string of the molecule is Fc1ccc2ccn(CCc3cccs3)c2c1. The first kappa shape index (κ1) is 10.5. The van der Waals surface area contributed by atoms with E-state index in [0.717, 1.165) is 23.9 Å². The van der Waals surface area contributed by atoms with Gasteiger partial charge in [0.15, 0.2) is 0 Å². The average Bonchev–Trinajstić information content (AvgIpc) is 2.94. The van der Waals surface area contributed by atoms with Crippen LogP contribution in [-0.4, -0.2) is 4.57 Å². The summed E-state index contributed by atoms with van der Waals surface area (Å²) in [4.78, 5) is 1.36. The molecule has 1 aromatic carbocycles. The summed E-state index contributed by atoms with van der Waals surface area (Å²) in [6.07, 6.45) is 3.02. The molecule has 0 bridgehead atoms. The van der Waals surface area contributed by atoms with E-state index < -0.39 is 0 Å². The molecule has 0 aliphatic heterocycles. The van der Waals surface area contributed by atoms with Crippen molar-refractivity contribution in [3.05, 3.63) is 58.7 Å². The van der Waals surface area contributed by atoms with Crippen LogP contribution >= 0.6 is 11.3 Å². The molecule has 17 heavy (non-hydrogen) atoms. The van der Waals surface area contributed by atoms with Crippen molar-refractivity contribution in [2.45, 2.75) is 13.0 Å². The van der Waals surface area contributed by atoms with Crippen LogP contribution in [-0.2, 0) is 13.0 Å². The first-order valence-corrected chi connectivity index (χ1v) is 6.48. The molecule has 0 atom stereocenters. The van der Waals surface area contributed by atoms with Crippen molar-refractivity contribution in [1.82, 2.24) is 4.57 Å². The van der Waals surface area contributed by atoms with E-state index in [9.17, 15) is 4.39 Å². The van der Waals surface area contributed by atoms with Crippen molar-refractivity contribution in [3.63, 3.8) is 0 Å². The zero-order valence-electron chi connectivity index (χ0n) is 9.27. The van der Waals surface area contributed by atoms with Crippen LogP contribution in [0.1, 0.15) is 4.88 Å². The van der Waals surface area contributed by atoms with Crippen LogP contribution in [0.2, 0.25) is 0 Å². The lowest BCUT2D eigenvalue weighted by atomic mass is 10.2. The summed E-state index contributed by atoms with van der Waals surface area (Å²) >= 11 is 1.77. The lowest BCUT2D eigenvalue weighted by Gasteiger charge is -2.04. The number of halogens is 1. The van der Waals surface area contributed by atoms with Gasteiger partial charge < -0.3 is 4.57 Å². The fourth-order valence-corrected chi connectivity index (χ4v) is 2.74. The number of hydrogen-bond donors (Lipinski definition) is 0. The molecule has 3 heteroatoms. The monoisotopic (exact) mass is 245 g/mol. The molecular formula is C14H12FNS. The van der Waals surface area contributed by atoms with E-state index >= 15 is 0 Å². The molecule has 0 N–H and O–H groups in total. The normalized spacial score (nSPS) is 11.1. The molecule has 0 fully saturated rings. The van der Waals surface area contributed by atoms with Gasteiger partial charge in [-0.1, -0.05) is 6.07 Å². The third kappa shape index (κ3) is 2.11. The number of thiophene rings is 1. The number of aromatic nitrogens is 1. The van der Waals surface area contributed by atoms with E-state index in [0.29, 0.717) is 0 Å². The summed E-state index contributed by atoms with van der Waals surface area (Å²) in [6.45, 7) is 0.896. The third-order valence-electron chi connectivity index (χ3n) is 2.92. The minimum Gasteiger partial charge on any atom is -0.347 e. The highest BCUT2D eigenvalue weighted by atomic mass is 32.1. The van der Waals surface area contributed by atoms with Gasteiger partial charge in [-0.05, 0) is 47.5 Å². The number of fused-ring (bicyclic) bond motifs is 1. The topological polar surface area (TPSA) is 4.93 Å². The lowest BCUT2D eigenvalue weighted by Crippen LogP contribution is -1.98. The van der Waals surface area contributed by atoms with Gasteiger partial charge in [-0.3, -0.25) is 0 Å². The summed E-state index contributed by atoms with van der Waals surface area (Å²) in [5.74, 6) is -0.173. The molecule has 2 aromatic heterocycles. The number of benzene rings is 1. The Balaban J connectivity index is 1.87. The molecule has 0 radical (unpaired) electrons. The molecule has 86 valence electrons. The van der Waals surface area contributed by atoms with Gasteiger partial charge in [0.25, 0.3) is 0 Å². The van der Waals surface area contributed by atoms with Crippen molar-refractivity contribution >= 4 is 22.2 Å². The number of aryl methyl sites for hydroxylation is 2. The summed E-state index contributed by atoms with van der Waals surface area (Å²) in [7, 11) is 0. The van der Waals surface area contributed by atoms with Crippen LogP contribution < -0.4 is 0 Å². The smallest absolute Gasteiger partial charge is 0.125 e. The first-order chi connectivity index (χ1) is 8.33. The van der Waals surface area contributed by atoms with Gasteiger partial charge in [-0.15, -0.1) is 11.3 Å². The highest BCUT2D eigenvalue weighted by molar-refractivity contribution is 7.09. The van der Waals surface area contributed by atoms with E-state index in [1.165, 1.54) is 10.9 Å². The van der Waals surface area contributed by atoms with E-state index in [1.54, 1.807) is 17.4 Å². The molecule has 0 saturated carbocycles. The first-order valence-electron chi connectivity index (χ1n) is 5.60. The summed E-state index contributed by atoms with van der Waals surface area (Å²) in [6, 6.07) is 11.2. The molecule has 3 rings (SSSR count). The number of hydrogen-bond acceptors (Lipinski definition) is 1. The second kappa shape index (κ2) is 4.34. The molecule has 0 aliphatic carbocycles. The van der Waals surface area contributed by atoms with Crippen molar-refractivity contribution in [1.29, 1.82) is 0 Å². The maximum Gasteiger partial charge on any atom is 0.125 e. The fraction of sp³-hybridized carbons (Fsp3) is 0.143. The predicted molar refractivity (Wildman–Crippen MR) is 69.9 cm³/mol. The van der Waals surface area contributed by atoms with E-state index in [-0.39, 0.29) is 5.82 Å². The highest BCUT2D eigenvalue weighted by Crippen LogP contribution is 2.18. The molecule has 0 aliphatic rings. The Labute approximate surface area is 103 Å². The molecule has 3 aromatic rings. The summed E-state index contributed by atoms with van der Waals surface area (Å²) < 4.78 is 15.3. The number of rotatable bonds is 3. The van der Waals surface area contributed by atoms with E-state index in [1.807, 2.05) is 18.3 Å². The van der Waals surface area contributed by atoms with Crippen LogP contribution in [0.3, 0.4) is 0 Å². The van der Waals surface area contributed by atoms with Crippen molar-refractivity contribution in [2.75, 3.05) is 0 Å². The molecular weight excluding hydrogens is 233 g/mol. The predicted octanol–water partition coefficient (Wildman–Crippen LogP) is 4.08. The van der Waals surface area contributed by atoms with Gasteiger partial charge in [0.1, 0.15) is 5.82 Å². The Hall–Kier alpha value is -1.61. The summed E-state index contributed by atoms with van der Waals surface area (Å²) in [5.41, 5.74) is 0.974. The maximum atomic E-state index is 13.2. The number of nitrogens with zero attached hydrogens (tertiary/aromatic N) is 1. The van der Waals surface area contributed by atoms with Gasteiger partial charge in [0.2, 0.25) is 0 Å². The van der Waals surface area contributed by atoms with Gasteiger partial charge in [-0.2, -0.15) is 0 Å². The Bertz CT molecular complexity index is 625. The standard InChI is InChI=1S/C14H12FNS/c15-12-4-3-11-5-7-16(14(11)10-12)8-6-13-2-1-9-17-13/h1-5,7,9-10H,6,8H2. The van der Waals surface area contributed by atoms with E-state index in [2.05, 4.69) is 22.1 Å². The minimum atomic E-state index is -0.173. The zero-order valence-corrected chi connectivity index (χ0v) is 10.1. The van der Waals surface area contributed by atoms with Crippen molar-refractivity contribution < 1.29 is 4.39 Å². The van der Waals surface area contributed by atoms with Crippen LogP contribution in [0.4, 0.5) is 4.39 Å². The molecule has 0 unspecified atom stereocenters. The van der Waals surface area contributed by atoms with Crippen molar-refractivity contribution in [3.8, 4) is 0 Å². The molecule has 0 amide bonds. The average molecular weight is 245 g/mol. The van der Waals surface area contributed by atoms with Crippen LogP contribution in [0, 0.1) is 5.82 Å². The largest absolute Gasteiger partial charge is 0.347 e. The maximum absolute atomic E-state index is 13.2. The van der Waals surface area contributed by atoms with E-state index in [4.69, 9.17) is 0 Å². The Morgan fingerprint density at radius 1 is 1.18 bits per heavy atom. The Morgan fingerprint density at radius 3 is 2.94 bits per heavy atom. The zero-order chi connectivity index (χ0) is 11.7. The Kier molecular flexibility index (Phi) is 2.69. The van der Waals surface area contributed by atoms with Gasteiger partial charge >= 0.3 is 0 Å². The third-order valence-corrected chi connectivity index (χ3v) is 3.85. The van der Waals surface area contributed by atoms with Gasteiger partial charge in [0, 0.05) is 17.6 Å². The second-order valence-electron chi connectivity index (χ2n) is 4.04. The van der Waals surface area contributed by atoms with Crippen LogP contribution in [0.25, 0.3) is 10.9 Å². The molecule has 0 saturated heterocycles. The van der Waals surface area contributed by atoms with Crippen LogP contribution in [0.15, 0.2) is 48.0 Å². The lowest BCUT2D eigenvalue weighted by molar-refractivity contribution is 0.627. The molecule has 0 spiro atoms. The molecule has 2 heterocycles. The highest BCUT2D eigenvalue weighted by Gasteiger charge is 2.02. The second-order valence-corrected chi connectivity index (χ2v) is 5.07. The molecule has 1 nitrogen and oxygen atoms in total. The van der Waals surface area contributed by atoms with Gasteiger partial charge in [-0.25, -0.2) is 4.39 Å². The quantitative estimate of drug-likeness (QED) is 0.655. The fourth-order valence-electron chi connectivity index (χ4n) is 2.04. The van der Waals surface area contributed by atoms with Crippen LogP contribution in [0.5, 0.6) is 0 Å². The summed E-state index contributed by atoms with van der Waals surface area (Å²) in [5, 5.41) is 3.18.